The molecular weight excluding hydrogens is 904 g/mol. The van der Waals surface area contributed by atoms with Crippen molar-refractivity contribution in [1.82, 2.24) is 20.2 Å². The molecule has 354 valence electrons. The molecular formula is C43H51ClN8O13S. The van der Waals surface area contributed by atoms with Crippen molar-refractivity contribution in [3.63, 3.8) is 0 Å². The second kappa shape index (κ2) is 23.2. The molecule has 0 spiro atoms. The summed E-state index contributed by atoms with van der Waals surface area (Å²) in [5, 5.41) is 11.8. The first-order valence-electron chi connectivity index (χ1n) is 20.7. The van der Waals surface area contributed by atoms with Crippen LogP contribution < -0.4 is 40.2 Å². The van der Waals surface area contributed by atoms with Crippen LogP contribution in [0.4, 0.5) is 34.5 Å². The van der Waals surface area contributed by atoms with Crippen LogP contribution in [0.1, 0.15) is 39.1 Å². The van der Waals surface area contributed by atoms with Crippen molar-refractivity contribution in [3.05, 3.63) is 76.4 Å². The van der Waals surface area contributed by atoms with Crippen LogP contribution in [0, 0.1) is 6.92 Å². The summed E-state index contributed by atoms with van der Waals surface area (Å²) in [5.41, 5.74) is 2.91. The first-order valence-corrected chi connectivity index (χ1v) is 23.0. The fourth-order valence-corrected chi connectivity index (χ4v) is 7.47. The van der Waals surface area contributed by atoms with Crippen molar-refractivity contribution < 1.29 is 60.8 Å². The molecule has 0 bridgehead atoms. The predicted molar refractivity (Wildman–Crippen MR) is 243 cm³/mol. The van der Waals surface area contributed by atoms with Gasteiger partial charge >= 0.3 is 0 Å². The number of piperidine rings is 1. The lowest BCUT2D eigenvalue weighted by Gasteiger charge is -2.27. The highest BCUT2D eigenvalue weighted by atomic mass is 35.5. The van der Waals surface area contributed by atoms with Crippen molar-refractivity contribution in [2.45, 2.75) is 25.8 Å². The van der Waals surface area contributed by atoms with Crippen LogP contribution >= 0.6 is 11.6 Å². The Morgan fingerprint density at radius 1 is 0.788 bits per heavy atom. The average molecular weight is 955 g/mol. The summed E-state index contributed by atoms with van der Waals surface area (Å²) in [7, 11) is -0.596. The third-order valence-corrected chi connectivity index (χ3v) is 10.8. The lowest BCUT2D eigenvalue weighted by Crippen LogP contribution is -2.54. The number of imide groups is 2. The highest BCUT2D eigenvalue weighted by Crippen LogP contribution is 2.36. The number of halogens is 1. The fraction of sp³-hybridized carbons (Fsp3) is 0.395. The quantitative estimate of drug-likeness (QED) is 0.0435. The van der Waals surface area contributed by atoms with Crippen LogP contribution in [-0.4, -0.2) is 139 Å². The number of carbonyl (C=O) groups excluding carboxylic acids is 4. The number of benzene rings is 3. The highest BCUT2D eigenvalue weighted by Gasteiger charge is 2.45. The van der Waals surface area contributed by atoms with Gasteiger partial charge in [-0.2, -0.15) is 4.98 Å². The molecule has 2 aliphatic rings. The van der Waals surface area contributed by atoms with Crippen LogP contribution in [0.3, 0.4) is 0 Å². The van der Waals surface area contributed by atoms with E-state index in [4.69, 9.17) is 44.8 Å². The molecule has 1 atom stereocenters. The van der Waals surface area contributed by atoms with Crippen LogP contribution in [0.2, 0.25) is 5.02 Å². The maximum absolute atomic E-state index is 13.2. The van der Waals surface area contributed by atoms with Gasteiger partial charge < -0.3 is 49.1 Å². The Hall–Kier alpha value is -6.30. The molecule has 23 heteroatoms. The van der Waals surface area contributed by atoms with Gasteiger partial charge in [0, 0.05) is 36.5 Å². The van der Waals surface area contributed by atoms with Gasteiger partial charge in [0.25, 0.3) is 11.8 Å². The maximum Gasteiger partial charge on any atom is 0.264 e. The second-order valence-corrected chi connectivity index (χ2v) is 16.8. The second-order valence-electron chi connectivity index (χ2n) is 14.6. The number of methoxy groups -OCH3 is 2. The largest absolute Gasteiger partial charge is 0.497 e. The number of sulfonamides is 1. The molecule has 0 radical (unpaired) electrons. The number of hydrogen-bond donors (Lipinski definition) is 5. The number of fused-ring (bicyclic) bond motifs is 1. The number of carbonyl (C=O) groups is 4. The first-order chi connectivity index (χ1) is 31.8. The van der Waals surface area contributed by atoms with Gasteiger partial charge in [-0.25, -0.2) is 13.4 Å². The molecule has 3 aromatic carbocycles. The Bertz CT molecular complexity index is 2520. The first kappa shape index (κ1) is 49.1. The number of hydrogen-bond acceptors (Lipinski definition) is 18. The van der Waals surface area contributed by atoms with Gasteiger partial charge in [0.1, 0.15) is 23.4 Å². The maximum atomic E-state index is 13.2. The molecule has 1 aromatic heterocycles. The van der Waals surface area contributed by atoms with E-state index >= 15 is 0 Å². The van der Waals surface area contributed by atoms with Gasteiger partial charge in [-0.3, -0.25) is 34.1 Å². The summed E-state index contributed by atoms with van der Waals surface area (Å²) in [4.78, 5) is 59.9. The molecule has 21 nitrogen and oxygen atoms in total. The fourth-order valence-electron chi connectivity index (χ4n) is 6.77. The average Bonchev–Trinajstić information content (AvgIpc) is 3.54. The van der Waals surface area contributed by atoms with E-state index in [1.807, 2.05) is 6.92 Å². The number of aromatic nitrogens is 2. The lowest BCUT2D eigenvalue weighted by atomic mass is 10.0. The Balaban J connectivity index is 0.844. The van der Waals surface area contributed by atoms with Crippen molar-refractivity contribution in [2.24, 2.45) is 0 Å². The van der Waals surface area contributed by atoms with Gasteiger partial charge in [0.2, 0.25) is 27.8 Å². The smallest absolute Gasteiger partial charge is 0.264 e. The van der Waals surface area contributed by atoms with Crippen molar-refractivity contribution in [1.29, 1.82) is 0 Å². The van der Waals surface area contributed by atoms with E-state index in [1.54, 1.807) is 43.5 Å². The topological polar surface area (TPSA) is 256 Å². The Kier molecular flexibility index (Phi) is 17.3. The Labute approximate surface area is 386 Å². The molecule has 0 aliphatic carbocycles. The molecule has 66 heavy (non-hydrogen) atoms. The molecule has 2 aliphatic heterocycles. The van der Waals surface area contributed by atoms with E-state index < -0.39 is 39.7 Å². The number of amides is 4. The molecule has 1 saturated heterocycles. The normalized spacial score (nSPS) is 14.7. The molecule has 0 saturated carbocycles. The lowest BCUT2D eigenvalue weighted by molar-refractivity contribution is -0.136. The number of aryl methyl sites for hydroxylation is 1. The van der Waals surface area contributed by atoms with E-state index in [0.29, 0.717) is 87.1 Å². The number of ether oxygens (including phenoxy) is 7. The zero-order chi connectivity index (χ0) is 47.2. The standard InChI is InChI=1S/C43H51ClN8O13S/c1-26-22-35(60-3)36(24-32(26)48-43-46-25-29(44)39(50-43)47-30-9-8-27(59-2)23-33(30)51-66(4,57)58)65-21-20-64-19-18-63-17-16-62-15-14-61-13-12-45-31-7-5-6-28-38(31)42(56)52(41(28)55)34-10-11-37(53)49-40(34)54/h5-9,22-25,34,45,51H,10-21H2,1-4H3,(H,49,53,54)(H2,46,47,48,50). The summed E-state index contributed by atoms with van der Waals surface area (Å²) in [6.45, 7) is 5.12. The summed E-state index contributed by atoms with van der Waals surface area (Å²) in [6.07, 6.45) is 2.59. The van der Waals surface area contributed by atoms with E-state index in [1.165, 1.54) is 25.4 Å². The minimum absolute atomic E-state index is 0.0481. The number of anilines is 6. The number of nitrogens with zero attached hydrogens (tertiary/aromatic N) is 3. The SMILES string of the molecule is COc1ccc(Nc2nc(Nc3cc(OCCOCCOCCOCCOCCNc4cccc5c4C(=O)N(C4CCC(=O)NC4=O)C5=O)c(OC)cc3C)ncc2Cl)c(NS(C)(=O)=O)c1. The predicted octanol–water partition coefficient (Wildman–Crippen LogP) is 4.27. The van der Waals surface area contributed by atoms with Gasteiger partial charge in [-0.05, 0) is 49.2 Å². The van der Waals surface area contributed by atoms with Crippen LogP contribution in [0.15, 0.2) is 54.7 Å². The zero-order valence-electron chi connectivity index (χ0n) is 36.7. The van der Waals surface area contributed by atoms with Crippen molar-refractivity contribution >= 4 is 79.8 Å². The van der Waals surface area contributed by atoms with Gasteiger partial charge in [-0.1, -0.05) is 17.7 Å². The number of nitrogens with one attached hydrogen (secondary N) is 5. The molecule has 6 rings (SSSR count). The van der Waals surface area contributed by atoms with E-state index in [2.05, 4.69) is 36.0 Å². The molecule has 1 unspecified atom stereocenters. The Morgan fingerprint density at radius 3 is 2.15 bits per heavy atom. The minimum atomic E-state index is -3.61. The molecule has 5 N–H and O–H groups in total. The summed E-state index contributed by atoms with van der Waals surface area (Å²) < 4.78 is 65.7. The molecule has 4 amide bonds. The van der Waals surface area contributed by atoms with E-state index in [-0.39, 0.29) is 59.7 Å². The van der Waals surface area contributed by atoms with Crippen LogP contribution in [0.25, 0.3) is 0 Å². The monoisotopic (exact) mass is 954 g/mol. The van der Waals surface area contributed by atoms with Crippen LogP contribution in [0.5, 0.6) is 17.2 Å². The summed E-state index contributed by atoms with van der Waals surface area (Å²) >= 11 is 6.42. The van der Waals surface area contributed by atoms with E-state index in [9.17, 15) is 27.6 Å². The molecule has 3 heterocycles. The minimum Gasteiger partial charge on any atom is -0.497 e. The summed E-state index contributed by atoms with van der Waals surface area (Å²) in [5.74, 6) is -0.395. The van der Waals surface area contributed by atoms with Crippen LogP contribution in [-0.2, 0) is 38.6 Å². The summed E-state index contributed by atoms with van der Waals surface area (Å²) in [6, 6.07) is 12.2. The van der Waals surface area contributed by atoms with Crippen molar-refractivity contribution in [2.75, 3.05) is 107 Å². The van der Waals surface area contributed by atoms with Gasteiger partial charge in [-0.15, -0.1) is 0 Å². The van der Waals surface area contributed by atoms with Crippen molar-refractivity contribution in [3.8, 4) is 17.2 Å². The molecule has 4 aromatic rings. The Morgan fingerprint density at radius 2 is 1.48 bits per heavy atom. The third kappa shape index (κ3) is 13.2. The third-order valence-electron chi connectivity index (χ3n) is 9.91. The van der Waals surface area contributed by atoms with Gasteiger partial charge in [0.05, 0.1) is 102 Å². The highest BCUT2D eigenvalue weighted by molar-refractivity contribution is 7.92. The number of rotatable bonds is 26. The van der Waals surface area contributed by atoms with Gasteiger partial charge in [0.15, 0.2) is 17.3 Å². The zero-order valence-corrected chi connectivity index (χ0v) is 38.3. The molecule has 1 fully saturated rings. The van der Waals surface area contributed by atoms with E-state index in [0.717, 1.165) is 16.7 Å².